The lowest BCUT2D eigenvalue weighted by atomic mass is 10.1. The van der Waals surface area contributed by atoms with Crippen molar-refractivity contribution in [2.24, 2.45) is 0 Å². The zero-order chi connectivity index (χ0) is 16.7. The summed E-state index contributed by atoms with van der Waals surface area (Å²) in [6.07, 6.45) is 5.34. The summed E-state index contributed by atoms with van der Waals surface area (Å²) in [4.78, 5) is 35.3. The van der Waals surface area contributed by atoms with Crippen LogP contribution in [0.4, 0.5) is 0 Å². The molecule has 0 unspecified atom stereocenters. The summed E-state index contributed by atoms with van der Waals surface area (Å²) in [6.45, 7) is 1.87. The molecule has 0 aromatic carbocycles. The van der Waals surface area contributed by atoms with Crippen LogP contribution in [-0.4, -0.2) is 31.3 Å². The van der Waals surface area contributed by atoms with E-state index in [-0.39, 0.29) is 11.8 Å². The quantitative estimate of drug-likeness (QED) is 0.412. The van der Waals surface area contributed by atoms with Gasteiger partial charge in [0.2, 0.25) is 5.91 Å². The van der Waals surface area contributed by atoms with Crippen molar-refractivity contribution in [3.63, 3.8) is 0 Å². The zero-order valence-corrected chi connectivity index (χ0v) is 14.7. The van der Waals surface area contributed by atoms with E-state index in [4.69, 9.17) is 0 Å². The fourth-order valence-electron chi connectivity index (χ4n) is 1.84. The van der Waals surface area contributed by atoms with Gasteiger partial charge in [0, 0.05) is 25.7 Å². The summed E-state index contributed by atoms with van der Waals surface area (Å²) in [7, 11) is 0. The lowest BCUT2D eigenvalue weighted by Crippen LogP contribution is -2.23. The van der Waals surface area contributed by atoms with Crippen LogP contribution in [0.2, 0.25) is 0 Å². The third kappa shape index (κ3) is 5.55. The highest BCUT2D eigenvalue weighted by atomic mass is 127. The van der Waals surface area contributed by atoms with Gasteiger partial charge in [-0.15, -0.1) is 0 Å². The molecule has 2 rings (SSSR count). The van der Waals surface area contributed by atoms with Gasteiger partial charge in [-0.25, -0.2) is 4.98 Å². The number of amides is 2. The van der Waals surface area contributed by atoms with Crippen LogP contribution in [0.25, 0.3) is 0 Å². The molecule has 0 aliphatic rings. The highest BCUT2D eigenvalue weighted by molar-refractivity contribution is 14.1. The molecule has 120 valence electrons. The maximum Gasteiger partial charge on any atom is 0.272 e. The lowest BCUT2D eigenvalue weighted by molar-refractivity contribution is -0.119. The number of alkyl halides is 1. The van der Waals surface area contributed by atoms with Crippen molar-refractivity contribution in [1.29, 1.82) is 0 Å². The summed E-state index contributed by atoms with van der Waals surface area (Å²) in [5.41, 5.74) is 2.74. The van der Waals surface area contributed by atoms with E-state index in [1.807, 2.05) is 12.1 Å². The van der Waals surface area contributed by atoms with E-state index in [0.29, 0.717) is 28.9 Å². The van der Waals surface area contributed by atoms with Crippen LogP contribution < -0.4 is 10.6 Å². The SMILES string of the molecule is CC(=O)NCc1ccc(Cc2cncc(C(=O)NCI)n2)cn1. The number of nitrogens with one attached hydrogen (secondary N) is 2. The predicted molar refractivity (Wildman–Crippen MR) is 92.9 cm³/mol. The molecule has 2 amide bonds. The Hall–Kier alpha value is -2.10. The van der Waals surface area contributed by atoms with Gasteiger partial charge in [-0.2, -0.15) is 0 Å². The molecular formula is C15H16IN5O2. The Bertz CT molecular complexity index is 691. The van der Waals surface area contributed by atoms with Gasteiger partial charge in [-0.3, -0.25) is 19.6 Å². The van der Waals surface area contributed by atoms with E-state index in [1.165, 1.54) is 13.1 Å². The normalized spacial score (nSPS) is 10.2. The van der Waals surface area contributed by atoms with Gasteiger partial charge in [0.15, 0.2) is 0 Å². The number of hydrogen-bond donors (Lipinski definition) is 2. The molecule has 0 fully saturated rings. The van der Waals surface area contributed by atoms with Gasteiger partial charge in [-0.05, 0) is 11.6 Å². The van der Waals surface area contributed by atoms with Crippen molar-refractivity contribution >= 4 is 34.4 Å². The van der Waals surface area contributed by atoms with Gasteiger partial charge < -0.3 is 10.6 Å². The highest BCUT2D eigenvalue weighted by Gasteiger charge is 2.08. The smallest absolute Gasteiger partial charge is 0.272 e. The Morgan fingerprint density at radius 1 is 1.13 bits per heavy atom. The number of hydrogen-bond acceptors (Lipinski definition) is 5. The predicted octanol–water partition coefficient (Wildman–Crippen LogP) is 1.22. The second kappa shape index (κ2) is 8.51. The molecular weight excluding hydrogens is 409 g/mol. The number of carbonyl (C=O) groups is 2. The van der Waals surface area contributed by atoms with Crippen molar-refractivity contribution in [2.75, 3.05) is 4.55 Å². The summed E-state index contributed by atoms with van der Waals surface area (Å²) in [5, 5.41) is 5.38. The molecule has 2 heterocycles. The van der Waals surface area contributed by atoms with Crippen LogP contribution in [0, 0.1) is 0 Å². The van der Waals surface area contributed by atoms with Crippen LogP contribution in [0.3, 0.4) is 0 Å². The summed E-state index contributed by atoms with van der Waals surface area (Å²) in [5.74, 6) is -0.328. The third-order valence-electron chi connectivity index (χ3n) is 2.93. The number of aromatic nitrogens is 3. The molecule has 0 bridgehead atoms. The molecule has 8 heteroatoms. The Labute approximate surface area is 147 Å². The number of nitrogens with zero attached hydrogens (tertiary/aromatic N) is 3. The minimum atomic E-state index is -0.238. The number of halogens is 1. The first-order valence-corrected chi connectivity index (χ1v) is 8.44. The van der Waals surface area contributed by atoms with Crippen LogP contribution in [0.5, 0.6) is 0 Å². The Morgan fingerprint density at radius 3 is 2.61 bits per heavy atom. The Balaban J connectivity index is 2.03. The first-order chi connectivity index (χ1) is 11.1. The Kier molecular flexibility index (Phi) is 6.39. The summed E-state index contributed by atoms with van der Waals surface area (Å²) in [6, 6.07) is 3.77. The largest absolute Gasteiger partial charge is 0.351 e. The van der Waals surface area contributed by atoms with Crippen LogP contribution >= 0.6 is 22.6 Å². The van der Waals surface area contributed by atoms with Crippen molar-refractivity contribution in [3.8, 4) is 0 Å². The van der Waals surface area contributed by atoms with E-state index in [1.54, 1.807) is 12.4 Å². The van der Waals surface area contributed by atoms with Gasteiger partial charge in [0.1, 0.15) is 5.69 Å². The van der Waals surface area contributed by atoms with Crippen LogP contribution in [-0.2, 0) is 17.8 Å². The Morgan fingerprint density at radius 2 is 1.96 bits per heavy atom. The molecule has 7 nitrogen and oxygen atoms in total. The fourth-order valence-corrected chi connectivity index (χ4v) is 2.19. The number of carbonyl (C=O) groups excluding carboxylic acids is 2. The van der Waals surface area contributed by atoms with Crippen molar-refractivity contribution < 1.29 is 9.59 Å². The van der Waals surface area contributed by atoms with E-state index in [2.05, 4.69) is 48.2 Å². The van der Waals surface area contributed by atoms with E-state index >= 15 is 0 Å². The molecule has 0 aliphatic carbocycles. The van der Waals surface area contributed by atoms with E-state index in [0.717, 1.165) is 11.3 Å². The van der Waals surface area contributed by atoms with Crippen molar-refractivity contribution in [2.45, 2.75) is 19.9 Å². The van der Waals surface area contributed by atoms with E-state index < -0.39 is 0 Å². The maximum atomic E-state index is 11.8. The molecule has 0 radical (unpaired) electrons. The molecule has 0 saturated carbocycles. The van der Waals surface area contributed by atoms with Crippen LogP contribution in [0.1, 0.15) is 34.4 Å². The fraction of sp³-hybridized carbons (Fsp3) is 0.267. The molecule has 2 aromatic heterocycles. The molecule has 2 N–H and O–H groups in total. The average Bonchev–Trinajstić information content (AvgIpc) is 2.55. The average molecular weight is 425 g/mol. The summed E-state index contributed by atoms with van der Waals surface area (Å²) < 4.78 is 0.516. The first kappa shape index (κ1) is 17.3. The molecule has 0 aliphatic heterocycles. The van der Waals surface area contributed by atoms with Crippen LogP contribution in [0.15, 0.2) is 30.7 Å². The second-order valence-electron chi connectivity index (χ2n) is 4.78. The third-order valence-corrected chi connectivity index (χ3v) is 3.32. The van der Waals surface area contributed by atoms with Crippen molar-refractivity contribution in [3.05, 3.63) is 53.4 Å². The molecule has 0 saturated heterocycles. The van der Waals surface area contributed by atoms with E-state index in [9.17, 15) is 9.59 Å². The molecule has 23 heavy (non-hydrogen) atoms. The molecule has 0 spiro atoms. The monoisotopic (exact) mass is 425 g/mol. The van der Waals surface area contributed by atoms with Gasteiger partial charge in [0.25, 0.3) is 5.91 Å². The first-order valence-electron chi connectivity index (χ1n) is 6.92. The lowest BCUT2D eigenvalue weighted by Gasteiger charge is -2.05. The van der Waals surface area contributed by atoms with Gasteiger partial charge in [0.05, 0.1) is 28.7 Å². The number of rotatable bonds is 6. The minimum absolute atomic E-state index is 0.0901. The highest BCUT2D eigenvalue weighted by Crippen LogP contribution is 2.07. The van der Waals surface area contributed by atoms with Crippen molar-refractivity contribution in [1.82, 2.24) is 25.6 Å². The summed E-state index contributed by atoms with van der Waals surface area (Å²) >= 11 is 2.06. The minimum Gasteiger partial charge on any atom is -0.351 e. The molecule has 2 aromatic rings. The zero-order valence-electron chi connectivity index (χ0n) is 12.5. The number of pyridine rings is 1. The standard InChI is InChI=1S/C15H16IN5O2/c1-10(22)18-7-12-3-2-11(5-19-12)4-13-6-17-8-14(21-13)15(23)20-9-16/h2-3,5-6,8H,4,7,9H2,1H3,(H,18,22)(H,20,23). The molecule has 0 atom stereocenters. The second-order valence-corrected chi connectivity index (χ2v) is 5.54. The maximum absolute atomic E-state index is 11.8. The van der Waals surface area contributed by atoms with Gasteiger partial charge in [-0.1, -0.05) is 28.7 Å². The van der Waals surface area contributed by atoms with Gasteiger partial charge >= 0.3 is 0 Å². The topological polar surface area (TPSA) is 96.9 Å².